The van der Waals surface area contributed by atoms with E-state index in [2.05, 4.69) is 31.9 Å². The molecule has 14 N–H and O–H groups in total. The van der Waals surface area contributed by atoms with E-state index in [9.17, 15) is 79.2 Å². The first kappa shape index (κ1) is 77.6. The number of thioether (sulfide) groups is 2. The Kier molecular flexibility index (Phi) is 32.6. The predicted octanol–water partition coefficient (Wildman–Crippen LogP) is -1.43. The van der Waals surface area contributed by atoms with Gasteiger partial charge < -0.3 is 91.7 Å². The second-order valence-electron chi connectivity index (χ2n) is 22.2. The average molecular weight is 1340 g/mol. The minimum atomic E-state index is -2.47. The molecule has 0 radical (unpaired) electrons. The summed E-state index contributed by atoms with van der Waals surface area (Å²) in [5.74, 6) is -8.99. The van der Waals surface area contributed by atoms with Gasteiger partial charge in [0, 0.05) is 88.3 Å². The molecule has 2 saturated heterocycles. The number of benzene rings is 4. The largest absolute Gasteiger partial charge is 1.00 e. The Morgan fingerprint density at radius 2 is 0.849 bits per heavy atom. The number of carbonyl (C=O) groups is 8. The Morgan fingerprint density at radius 1 is 0.505 bits per heavy atom. The number of aliphatic carboxylic acids is 2. The molecule has 2 heterocycles. The van der Waals surface area contributed by atoms with Gasteiger partial charge in [0.25, 0.3) is 23.4 Å². The van der Waals surface area contributed by atoms with Crippen LogP contribution < -0.4 is 61.5 Å². The molecule has 0 aromatic heterocycles. The zero-order chi connectivity index (χ0) is 66.8. The van der Waals surface area contributed by atoms with E-state index in [1.807, 2.05) is 60.7 Å². The van der Waals surface area contributed by atoms with Crippen LogP contribution in [0.3, 0.4) is 0 Å². The van der Waals surface area contributed by atoms with Crippen LogP contribution in [0.1, 0.15) is 85.9 Å². The summed E-state index contributed by atoms with van der Waals surface area (Å²) in [7, 11) is 0. The quantitative estimate of drug-likeness (QED) is 0.0182. The van der Waals surface area contributed by atoms with Crippen LogP contribution in [0.2, 0.25) is 0 Å². The van der Waals surface area contributed by atoms with Crippen molar-refractivity contribution in [1.29, 1.82) is 0 Å². The molecule has 0 saturated carbocycles. The molecular weight excluding hydrogens is 1260 g/mol. The maximum atomic E-state index is 13.0. The summed E-state index contributed by atoms with van der Waals surface area (Å²) in [6.07, 6.45) is -13.2. The van der Waals surface area contributed by atoms with Gasteiger partial charge in [0.05, 0.1) is 49.7 Å². The Morgan fingerprint density at radius 3 is 1.18 bits per heavy atom. The maximum absolute atomic E-state index is 13.0. The number of ether oxygens (including phenoxy) is 4. The number of hydrogen-bond donors (Lipinski definition) is 14. The van der Waals surface area contributed by atoms with E-state index in [-0.39, 0.29) is 78.6 Å². The fraction of sp³-hybridized carbons (Fsp3) is 0.500. The molecule has 6 rings (SSSR count). The van der Waals surface area contributed by atoms with Crippen LogP contribution in [0.4, 0.5) is 0 Å². The van der Waals surface area contributed by atoms with Gasteiger partial charge in [-0.15, -0.1) is 0 Å². The van der Waals surface area contributed by atoms with Crippen molar-refractivity contribution < 1.29 is 128 Å². The van der Waals surface area contributed by atoms with E-state index in [1.54, 1.807) is 48.5 Å². The molecule has 2 aliphatic rings. The average Bonchev–Trinajstić information content (AvgIpc) is 0.780. The molecule has 93 heavy (non-hydrogen) atoms. The topological polar surface area (TPSA) is 408 Å². The summed E-state index contributed by atoms with van der Waals surface area (Å²) >= 11 is 2.90. The van der Waals surface area contributed by atoms with Gasteiger partial charge >= 0.3 is 41.5 Å². The van der Waals surface area contributed by atoms with E-state index in [4.69, 9.17) is 18.9 Å². The van der Waals surface area contributed by atoms with Crippen molar-refractivity contribution in [3.8, 4) is 22.3 Å². The molecule has 0 spiro atoms. The van der Waals surface area contributed by atoms with E-state index in [1.165, 1.54) is 23.5 Å². The monoisotopic (exact) mass is 1340 g/mol. The predicted molar refractivity (Wildman–Crippen MR) is 340 cm³/mol. The molecule has 0 aliphatic carbocycles. The van der Waals surface area contributed by atoms with Crippen molar-refractivity contribution in [2.45, 2.75) is 138 Å². The maximum Gasteiger partial charge on any atom is 1.00 e. The molecule has 502 valence electrons. The Labute approximate surface area is 569 Å². The van der Waals surface area contributed by atoms with Crippen molar-refractivity contribution >= 4 is 70.9 Å². The third kappa shape index (κ3) is 24.0. The standard InChI is InChI=1S/C64H84N6O20S2.Na/c1-39(71)69-53-47(73)35-63(61(83)84,89-57(53)55(79)49(75)37-67-59(81)45-23-19-43(20-24-45)41-13-5-3-6-14-41)87-29-11-31-91-33-27-65-51(77)17-9-10-18-52(78)66-28-34-92-32-12-30-88-64(62(85)86)36-48(74)54(70-40(2)72)58(90-64)56(80)50(76)38-68-60(82)46-25-21-44(22-26-46)42-15-7-4-8-16-42;/h3-8,13-16,19-26,47-50,53-58,73-76,79-80H,9-12,17-18,27-38H2,1-2H3,(H,65,77)(H,66,78)(H,67,81)(H,68,82)(H,69,71)(H,70,72)(H,83,84)(H,85,86);/q;+1/t47-,48-,49+,50+,53+,54+,55?,56?,57+,58+,63+,64+;/m0./s1. The summed E-state index contributed by atoms with van der Waals surface area (Å²) in [4.78, 5) is 100. The summed E-state index contributed by atoms with van der Waals surface area (Å²) in [5.41, 5.74) is 4.19. The number of carboxylic acids is 2. The number of hydrogen-bond acceptors (Lipinski definition) is 20. The van der Waals surface area contributed by atoms with Crippen LogP contribution >= 0.6 is 23.5 Å². The fourth-order valence-electron chi connectivity index (χ4n) is 10.3. The number of aliphatic hydroxyl groups is 6. The number of unbranched alkanes of at least 4 members (excludes halogenated alkanes) is 1. The zero-order valence-corrected chi connectivity index (χ0v) is 55.8. The van der Waals surface area contributed by atoms with Crippen LogP contribution in [-0.4, -0.2) is 223 Å². The molecule has 6 amide bonds. The fourth-order valence-corrected chi connectivity index (χ4v) is 11.9. The van der Waals surface area contributed by atoms with Crippen LogP contribution in [0.25, 0.3) is 22.3 Å². The van der Waals surface area contributed by atoms with E-state index >= 15 is 0 Å². The molecule has 4 aromatic rings. The van der Waals surface area contributed by atoms with Crippen LogP contribution in [-0.2, 0) is 47.7 Å². The third-order valence-electron chi connectivity index (χ3n) is 15.2. The number of amides is 6. The molecule has 0 bridgehead atoms. The number of rotatable bonds is 37. The number of aliphatic hydroxyl groups excluding tert-OH is 6. The number of carboxylic acid groups (broad SMARTS) is 2. The first-order valence-corrected chi connectivity index (χ1v) is 32.6. The van der Waals surface area contributed by atoms with Gasteiger partial charge in [-0.25, -0.2) is 9.59 Å². The van der Waals surface area contributed by atoms with Gasteiger partial charge in [-0.2, -0.15) is 23.5 Å². The summed E-state index contributed by atoms with van der Waals surface area (Å²) < 4.78 is 23.1. The smallest absolute Gasteiger partial charge is 0.477 e. The third-order valence-corrected chi connectivity index (χ3v) is 17.3. The molecule has 12 atom stereocenters. The van der Waals surface area contributed by atoms with Gasteiger partial charge in [0.15, 0.2) is 0 Å². The van der Waals surface area contributed by atoms with Crippen molar-refractivity contribution in [3.05, 3.63) is 120 Å². The Hall–Kier alpha value is -6.06. The molecule has 2 aliphatic heterocycles. The van der Waals surface area contributed by atoms with Gasteiger partial charge in [0.1, 0.15) is 24.4 Å². The molecule has 2 fully saturated rings. The van der Waals surface area contributed by atoms with Crippen molar-refractivity contribution in [2.24, 2.45) is 0 Å². The van der Waals surface area contributed by atoms with Gasteiger partial charge in [-0.05, 0) is 83.7 Å². The molecule has 2 unspecified atom stereocenters. The normalized spacial score (nSPS) is 22.3. The molecular formula is C64H84N6NaO20S2+. The first-order chi connectivity index (χ1) is 44.0. The van der Waals surface area contributed by atoms with Crippen LogP contribution in [0, 0.1) is 0 Å². The minimum Gasteiger partial charge on any atom is -0.477 e. The molecule has 29 heteroatoms. The minimum absolute atomic E-state index is 0. The van der Waals surface area contributed by atoms with Crippen molar-refractivity contribution in [1.82, 2.24) is 31.9 Å². The summed E-state index contributed by atoms with van der Waals surface area (Å²) in [5, 5.41) is 103. The van der Waals surface area contributed by atoms with Crippen LogP contribution in [0.5, 0.6) is 0 Å². The van der Waals surface area contributed by atoms with E-state index in [0.717, 1.165) is 36.1 Å². The number of nitrogens with one attached hydrogen (secondary N) is 6. The van der Waals surface area contributed by atoms with E-state index in [0.29, 0.717) is 61.8 Å². The summed E-state index contributed by atoms with van der Waals surface area (Å²) in [6, 6.07) is 29.7. The first-order valence-electron chi connectivity index (χ1n) is 30.3. The molecule has 26 nitrogen and oxygen atoms in total. The van der Waals surface area contributed by atoms with Crippen molar-refractivity contribution in [3.63, 3.8) is 0 Å². The second-order valence-corrected chi connectivity index (χ2v) is 24.7. The van der Waals surface area contributed by atoms with E-state index < -0.39 is 134 Å². The number of carbonyl (C=O) groups excluding carboxylic acids is 6. The van der Waals surface area contributed by atoms with Gasteiger partial charge in [-0.3, -0.25) is 28.8 Å². The van der Waals surface area contributed by atoms with Gasteiger partial charge in [0.2, 0.25) is 23.6 Å². The molecule has 4 aromatic carbocycles. The van der Waals surface area contributed by atoms with Crippen LogP contribution in [0.15, 0.2) is 109 Å². The zero-order valence-electron chi connectivity index (χ0n) is 52.2. The van der Waals surface area contributed by atoms with Crippen molar-refractivity contribution in [2.75, 3.05) is 62.4 Å². The summed E-state index contributed by atoms with van der Waals surface area (Å²) in [6.45, 7) is 1.65. The SMILES string of the molecule is CC(=O)N[C@@H]1[C@@H](O)C[C@](OCCCSCCNC(=O)CCCCC(=O)NCCSCCCO[C@]2(C(=O)O)C[C@H](O)[C@@H](NC(C)=O)[C@H](C(O)[C@H](O)CNC(=O)c3ccc(-c4ccccc4)cc3)O2)(C(=O)O)O[C@H]1C(O)[C@H](O)CNC(=O)c1ccc(-c2ccccc2)cc1.[Na+]. The van der Waals surface area contributed by atoms with Gasteiger partial charge in [-0.1, -0.05) is 84.9 Å². The second kappa shape index (κ2) is 39.1. The Bertz CT molecular complexity index is 2840. The Balaban J connectivity index is 0.0000157.